The van der Waals surface area contributed by atoms with Crippen LogP contribution in [0.15, 0.2) is 42.5 Å². The number of nitrogens with one attached hydrogen (secondary N) is 2. The van der Waals surface area contributed by atoms with E-state index in [4.69, 9.17) is 4.74 Å². The van der Waals surface area contributed by atoms with Crippen molar-refractivity contribution in [3.8, 4) is 5.75 Å². The molecule has 2 aromatic rings. The van der Waals surface area contributed by atoms with Crippen LogP contribution in [0.1, 0.15) is 18.1 Å². The Labute approximate surface area is 125 Å². The molecule has 2 aromatic carbocycles. The summed E-state index contributed by atoms with van der Waals surface area (Å²) in [6, 6.07) is 13.0. The van der Waals surface area contributed by atoms with Gasteiger partial charge in [0.05, 0.1) is 12.3 Å². The predicted molar refractivity (Wildman–Crippen MR) is 86.2 cm³/mol. The molecule has 0 saturated carbocycles. The molecule has 0 aromatic heterocycles. The fourth-order valence-corrected chi connectivity index (χ4v) is 2.00. The Kier molecular flexibility index (Phi) is 4.82. The number of hydrogen-bond acceptors (Lipinski definition) is 2. The molecule has 2 amide bonds. The van der Waals surface area contributed by atoms with Crippen molar-refractivity contribution in [2.24, 2.45) is 0 Å². The molecule has 2 N–H and O–H groups in total. The lowest BCUT2D eigenvalue weighted by molar-refractivity contribution is 0.262. The van der Waals surface area contributed by atoms with Gasteiger partial charge in [-0.2, -0.15) is 0 Å². The predicted octanol–water partition coefficient (Wildman–Crippen LogP) is 4.35. The summed E-state index contributed by atoms with van der Waals surface area (Å²) in [5.74, 6) is 0.663. The van der Waals surface area contributed by atoms with Crippen LogP contribution < -0.4 is 15.4 Å². The molecular formula is C17H20N2O2. The molecule has 0 heterocycles. The molecule has 0 atom stereocenters. The zero-order valence-corrected chi connectivity index (χ0v) is 12.6. The third-order valence-electron chi connectivity index (χ3n) is 3.08. The molecule has 2 rings (SSSR count). The minimum Gasteiger partial charge on any atom is -0.492 e. The Morgan fingerprint density at radius 1 is 1.05 bits per heavy atom. The van der Waals surface area contributed by atoms with E-state index in [0.29, 0.717) is 18.0 Å². The van der Waals surface area contributed by atoms with Gasteiger partial charge in [0.1, 0.15) is 5.75 Å². The molecule has 0 unspecified atom stereocenters. The molecule has 0 aliphatic rings. The first-order valence-corrected chi connectivity index (χ1v) is 6.97. The SMILES string of the molecule is CCOc1ccccc1NC(=O)Nc1cc(C)ccc1C. The quantitative estimate of drug-likeness (QED) is 0.877. The highest BCUT2D eigenvalue weighted by molar-refractivity contribution is 6.01. The van der Waals surface area contributed by atoms with E-state index in [0.717, 1.165) is 16.8 Å². The molecule has 0 fully saturated rings. The standard InChI is InChI=1S/C17H20N2O2/c1-4-21-16-8-6-5-7-14(16)18-17(20)19-15-11-12(2)9-10-13(15)3/h5-11H,4H2,1-3H3,(H2,18,19,20). The number of aryl methyl sites for hydroxylation is 2. The van der Waals surface area contributed by atoms with Crippen molar-refractivity contribution >= 4 is 17.4 Å². The lowest BCUT2D eigenvalue weighted by Gasteiger charge is -2.13. The van der Waals surface area contributed by atoms with Gasteiger partial charge in [0, 0.05) is 5.69 Å². The fraction of sp³-hybridized carbons (Fsp3) is 0.235. The Morgan fingerprint density at radius 3 is 2.52 bits per heavy atom. The van der Waals surface area contributed by atoms with Gasteiger partial charge in [-0.15, -0.1) is 0 Å². The van der Waals surface area contributed by atoms with Gasteiger partial charge in [-0.1, -0.05) is 24.3 Å². The van der Waals surface area contributed by atoms with E-state index in [2.05, 4.69) is 10.6 Å². The number of rotatable bonds is 4. The molecule has 0 aliphatic heterocycles. The highest BCUT2D eigenvalue weighted by Gasteiger charge is 2.08. The Hall–Kier alpha value is -2.49. The van der Waals surface area contributed by atoms with Crippen LogP contribution in [0.25, 0.3) is 0 Å². The third kappa shape index (κ3) is 3.99. The topological polar surface area (TPSA) is 50.4 Å². The third-order valence-corrected chi connectivity index (χ3v) is 3.08. The summed E-state index contributed by atoms with van der Waals surface area (Å²) in [6.45, 7) is 6.42. The first-order valence-electron chi connectivity index (χ1n) is 6.97. The summed E-state index contributed by atoms with van der Waals surface area (Å²) < 4.78 is 5.49. The second-order valence-corrected chi connectivity index (χ2v) is 4.83. The van der Waals surface area contributed by atoms with Crippen molar-refractivity contribution in [1.29, 1.82) is 0 Å². The number of carbonyl (C=O) groups excluding carboxylic acids is 1. The molecule has 0 bridgehead atoms. The van der Waals surface area contributed by atoms with Crippen LogP contribution in [0.3, 0.4) is 0 Å². The van der Waals surface area contributed by atoms with Gasteiger partial charge in [-0.05, 0) is 50.1 Å². The maximum Gasteiger partial charge on any atom is 0.323 e. The van der Waals surface area contributed by atoms with E-state index in [1.165, 1.54) is 0 Å². The molecule has 4 heteroatoms. The maximum atomic E-state index is 12.1. The highest BCUT2D eigenvalue weighted by atomic mass is 16.5. The van der Waals surface area contributed by atoms with E-state index >= 15 is 0 Å². The van der Waals surface area contributed by atoms with Gasteiger partial charge >= 0.3 is 6.03 Å². The lowest BCUT2D eigenvalue weighted by Crippen LogP contribution is -2.20. The zero-order chi connectivity index (χ0) is 15.2. The molecule has 0 aliphatic carbocycles. The molecule has 0 saturated heterocycles. The van der Waals surface area contributed by atoms with Crippen LogP contribution >= 0.6 is 0 Å². The minimum atomic E-state index is -0.282. The Morgan fingerprint density at radius 2 is 1.76 bits per heavy atom. The average Bonchev–Trinajstić information content (AvgIpc) is 2.45. The summed E-state index contributed by atoms with van der Waals surface area (Å²) in [6.07, 6.45) is 0. The van der Waals surface area contributed by atoms with Gasteiger partial charge in [-0.25, -0.2) is 4.79 Å². The first-order chi connectivity index (χ1) is 10.1. The van der Waals surface area contributed by atoms with Crippen molar-refractivity contribution in [2.75, 3.05) is 17.2 Å². The van der Waals surface area contributed by atoms with Crippen LogP contribution in [-0.4, -0.2) is 12.6 Å². The first kappa shape index (κ1) is 14.9. The van der Waals surface area contributed by atoms with Crippen molar-refractivity contribution in [1.82, 2.24) is 0 Å². The van der Waals surface area contributed by atoms with Gasteiger partial charge in [0.25, 0.3) is 0 Å². The lowest BCUT2D eigenvalue weighted by atomic mass is 10.1. The summed E-state index contributed by atoms with van der Waals surface area (Å²) in [5, 5.41) is 5.68. The van der Waals surface area contributed by atoms with E-state index in [1.807, 2.05) is 63.2 Å². The number of anilines is 2. The van der Waals surface area contributed by atoms with Gasteiger partial charge in [0.2, 0.25) is 0 Å². The summed E-state index contributed by atoms with van der Waals surface area (Å²) >= 11 is 0. The van der Waals surface area contributed by atoms with Crippen LogP contribution in [-0.2, 0) is 0 Å². The van der Waals surface area contributed by atoms with Crippen LogP contribution in [0.5, 0.6) is 5.75 Å². The molecule has 110 valence electrons. The monoisotopic (exact) mass is 284 g/mol. The van der Waals surface area contributed by atoms with Crippen molar-refractivity contribution in [3.63, 3.8) is 0 Å². The minimum absolute atomic E-state index is 0.282. The second kappa shape index (κ2) is 6.79. The molecule has 21 heavy (non-hydrogen) atoms. The maximum absolute atomic E-state index is 12.1. The molecular weight excluding hydrogens is 264 g/mol. The second-order valence-electron chi connectivity index (χ2n) is 4.83. The number of ether oxygens (including phenoxy) is 1. The van der Waals surface area contributed by atoms with Crippen molar-refractivity contribution < 1.29 is 9.53 Å². The zero-order valence-electron chi connectivity index (χ0n) is 12.6. The highest BCUT2D eigenvalue weighted by Crippen LogP contribution is 2.24. The Bertz CT molecular complexity index is 638. The number of benzene rings is 2. The van der Waals surface area contributed by atoms with E-state index in [9.17, 15) is 4.79 Å². The van der Waals surface area contributed by atoms with Gasteiger partial charge in [-0.3, -0.25) is 0 Å². The van der Waals surface area contributed by atoms with Crippen molar-refractivity contribution in [3.05, 3.63) is 53.6 Å². The largest absolute Gasteiger partial charge is 0.492 e. The van der Waals surface area contributed by atoms with Crippen molar-refractivity contribution in [2.45, 2.75) is 20.8 Å². The normalized spacial score (nSPS) is 10.0. The van der Waals surface area contributed by atoms with Crippen LogP contribution in [0.2, 0.25) is 0 Å². The summed E-state index contributed by atoms with van der Waals surface area (Å²) in [4.78, 5) is 12.1. The fourth-order valence-electron chi connectivity index (χ4n) is 2.00. The number of para-hydroxylation sites is 2. The number of urea groups is 1. The smallest absolute Gasteiger partial charge is 0.323 e. The number of amides is 2. The molecule has 0 radical (unpaired) electrons. The van der Waals surface area contributed by atoms with Gasteiger partial charge < -0.3 is 15.4 Å². The van der Waals surface area contributed by atoms with E-state index < -0.39 is 0 Å². The van der Waals surface area contributed by atoms with Gasteiger partial charge in [0.15, 0.2) is 0 Å². The summed E-state index contributed by atoms with van der Waals surface area (Å²) in [5.41, 5.74) is 3.59. The average molecular weight is 284 g/mol. The molecule has 0 spiro atoms. The number of carbonyl (C=O) groups is 1. The van der Waals surface area contributed by atoms with Crippen LogP contribution in [0.4, 0.5) is 16.2 Å². The molecule has 4 nitrogen and oxygen atoms in total. The van der Waals surface area contributed by atoms with E-state index in [-0.39, 0.29) is 6.03 Å². The van der Waals surface area contributed by atoms with E-state index in [1.54, 1.807) is 0 Å². The number of hydrogen-bond donors (Lipinski definition) is 2. The summed E-state index contributed by atoms with van der Waals surface area (Å²) in [7, 11) is 0. The van der Waals surface area contributed by atoms with Crippen LogP contribution in [0, 0.1) is 13.8 Å². The Balaban J connectivity index is 2.10.